The van der Waals surface area contributed by atoms with Crippen molar-refractivity contribution in [2.24, 2.45) is 0 Å². The molecular formula is C18H22N4O3. The van der Waals surface area contributed by atoms with Gasteiger partial charge in [0.15, 0.2) is 5.82 Å². The zero-order valence-electron chi connectivity index (χ0n) is 14.2. The summed E-state index contributed by atoms with van der Waals surface area (Å²) in [4.78, 5) is 33.1. The molecule has 2 heterocycles. The number of nitrogens with zero attached hydrogens (tertiary/aromatic N) is 2. The largest absolute Gasteiger partial charge is 0.380 e. The van der Waals surface area contributed by atoms with Gasteiger partial charge in [-0.05, 0) is 30.5 Å². The molecule has 2 N–H and O–H groups in total. The van der Waals surface area contributed by atoms with Crippen LogP contribution >= 0.6 is 0 Å². The predicted octanol–water partition coefficient (Wildman–Crippen LogP) is 1.32. The summed E-state index contributed by atoms with van der Waals surface area (Å²) in [6.07, 6.45) is 4.87. The average molecular weight is 342 g/mol. The first-order valence-corrected chi connectivity index (χ1v) is 8.35. The van der Waals surface area contributed by atoms with Gasteiger partial charge < -0.3 is 19.9 Å². The minimum atomic E-state index is -0.205. The van der Waals surface area contributed by atoms with Crippen LogP contribution in [0.4, 0.5) is 5.82 Å². The Morgan fingerprint density at radius 3 is 2.92 bits per heavy atom. The van der Waals surface area contributed by atoms with Gasteiger partial charge in [0.2, 0.25) is 0 Å². The Hall–Kier alpha value is -2.67. The number of methoxy groups -OCH3 is 1. The lowest BCUT2D eigenvalue weighted by Gasteiger charge is -2.33. The van der Waals surface area contributed by atoms with Crippen LogP contribution in [0.25, 0.3) is 0 Å². The maximum absolute atomic E-state index is 12.4. The molecule has 0 unspecified atom stereocenters. The second-order valence-electron chi connectivity index (χ2n) is 6.13. The van der Waals surface area contributed by atoms with Gasteiger partial charge in [-0.15, -0.1) is 0 Å². The molecule has 1 atom stereocenters. The highest BCUT2D eigenvalue weighted by Gasteiger charge is 2.24. The summed E-state index contributed by atoms with van der Waals surface area (Å²) in [5, 5.41) is 3.05. The molecule has 1 saturated heterocycles. The van der Waals surface area contributed by atoms with Crippen LogP contribution in [0, 0.1) is 0 Å². The molecule has 7 heteroatoms. The van der Waals surface area contributed by atoms with Crippen molar-refractivity contribution < 1.29 is 9.53 Å². The quantitative estimate of drug-likeness (QED) is 0.856. The number of ether oxygens (including phenoxy) is 1. The molecule has 132 valence electrons. The number of carbonyl (C=O) groups excluding carboxylic acids is 1. The summed E-state index contributed by atoms with van der Waals surface area (Å²) in [7, 11) is 1.64. The first-order valence-electron chi connectivity index (χ1n) is 8.35. The van der Waals surface area contributed by atoms with Gasteiger partial charge in [0.05, 0.1) is 6.61 Å². The van der Waals surface area contributed by atoms with Gasteiger partial charge in [0.25, 0.3) is 11.5 Å². The average Bonchev–Trinajstić information content (AvgIpc) is 2.63. The van der Waals surface area contributed by atoms with E-state index in [2.05, 4.69) is 15.3 Å². The molecule has 7 nitrogen and oxygen atoms in total. The number of anilines is 1. The van der Waals surface area contributed by atoms with Crippen molar-refractivity contribution in [1.82, 2.24) is 15.3 Å². The van der Waals surface area contributed by atoms with Crippen LogP contribution in [0.5, 0.6) is 0 Å². The molecule has 1 aliphatic heterocycles. The molecule has 1 amide bonds. The monoisotopic (exact) mass is 342 g/mol. The third kappa shape index (κ3) is 4.24. The van der Waals surface area contributed by atoms with Crippen LogP contribution in [0.3, 0.4) is 0 Å². The molecule has 1 aliphatic rings. The molecule has 0 saturated carbocycles. The fraction of sp³-hybridized carbons (Fsp3) is 0.389. The fourth-order valence-electron chi connectivity index (χ4n) is 3.04. The van der Waals surface area contributed by atoms with E-state index >= 15 is 0 Å². The van der Waals surface area contributed by atoms with E-state index in [4.69, 9.17) is 4.74 Å². The van der Waals surface area contributed by atoms with E-state index in [0.717, 1.165) is 24.9 Å². The van der Waals surface area contributed by atoms with Crippen molar-refractivity contribution in [3.8, 4) is 0 Å². The molecule has 25 heavy (non-hydrogen) atoms. The topological polar surface area (TPSA) is 87.3 Å². The lowest BCUT2D eigenvalue weighted by molar-refractivity contribution is 0.0933. The highest BCUT2D eigenvalue weighted by atomic mass is 16.5. The van der Waals surface area contributed by atoms with Crippen LogP contribution in [0.15, 0.2) is 41.5 Å². The molecule has 2 aromatic rings. The van der Waals surface area contributed by atoms with Gasteiger partial charge in [-0.25, -0.2) is 4.98 Å². The molecule has 1 aromatic carbocycles. The van der Waals surface area contributed by atoms with Gasteiger partial charge in [0.1, 0.15) is 0 Å². The second kappa shape index (κ2) is 7.94. The molecule has 0 aliphatic carbocycles. The number of aromatic nitrogens is 2. The van der Waals surface area contributed by atoms with Gasteiger partial charge in [-0.1, -0.05) is 12.1 Å². The molecular weight excluding hydrogens is 320 g/mol. The van der Waals surface area contributed by atoms with Crippen molar-refractivity contribution in [3.05, 3.63) is 58.1 Å². The van der Waals surface area contributed by atoms with E-state index in [1.807, 2.05) is 17.0 Å². The summed E-state index contributed by atoms with van der Waals surface area (Å²) < 4.78 is 5.07. The van der Waals surface area contributed by atoms with Gasteiger partial charge in [-0.2, -0.15) is 0 Å². The number of amides is 1. The predicted molar refractivity (Wildman–Crippen MR) is 94.7 cm³/mol. The van der Waals surface area contributed by atoms with Gasteiger partial charge in [-0.3, -0.25) is 9.59 Å². The summed E-state index contributed by atoms with van der Waals surface area (Å²) >= 11 is 0. The van der Waals surface area contributed by atoms with Crippen LogP contribution in [0.2, 0.25) is 0 Å². The van der Waals surface area contributed by atoms with E-state index in [1.54, 1.807) is 25.4 Å². The molecule has 0 bridgehead atoms. The highest BCUT2D eigenvalue weighted by Crippen LogP contribution is 2.15. The molecule has 0 radical (unpaired) electrons. The molecule has 1 aromatic heterocycles. The summed E-state index contributed by atoms with van der Waals surface area (Å²) in [6, 6.07) is 7.36. The van der Waals surface area contributed by atoms with E-state index in [-0.39, 0.29) is 17.5 Å². The summed E-state index contributed by atoms with van der Waals surface area (Å²) in [6.45, 7) is 1.86. The maximum Gasteiger partial charge on any atom is 0.290 e. The number of hydrogen-bond donors (Lipinski definition) is 2. The lowest BCUT2D eigenvalue weighted by Crippen LogP contribution is -2.49. The van der Waals surface area contributed by atoms with Crippen molar-refractivity contribution in [1.29, 1.82) is 0 Å². The van der Waals surface area contributed by atoms with E-state index in [1.165, 1.54) is 6.20 Å². The van der Waals surface area contributed by atoms with E-state index < -0.39 is 0 Å². The third-order valence-corrected chi connectivity index (χ3v) is 4.27. The fourth-order valence-corrected chi connectivity index (χ4v) is 3.04. The van der Waals surface area contributed by atoms with Crippen molar-refractivity contribution in [2.45, 2.75) is 25.5 Å². The number of nitrogens with one attached hydrogen (secondary N) is 2. The maximum atomic E-state index is 12.4. The SMILES string of the molecule is COCc1ccc(C(=O)N[C@@H]2CCCN(c3ncc[nH]c3=O)C2)cc1. The van der Waals surface area contributed by atoms with Crippen LogP contribution in [0.1, 0.15) is 28.8 Å². The van der Waals surface area contributed by atoms with E-state index in [9.17, 15) is 9.59 Å². The number of H-pyrrole nitrogens is 1. The Morgan fingerprint density at radius 2 is 2.20 bits per heavy atom. The standard InChI is InChI=1S/C18H22N4O3/c1-25-12-13-4-6-14(7-5-13)17(23)21-15-3-2-10-22(11-15)16-18(24)20-9-8-19-16/h4-9,15H,2-3,10-12H2,1H3,(H,20,24)(H,21,23)/t15-/m1/s1. The number of hydrogen-bond acceptors (Lipinski definition) is 5. The minimum absolute atomic E-state index is 0.0127. The number of rotatable bonds is 5. The van der Waals surface area contributed by atoms with Crippen LogP contribution in [-0.2, 0) is 11.3 Å². The van der Waals surface area contributed by atoms with Crippen molar-refractivity contribution >= 4 is 11.7 Å². The Balaban J connectivity index is 1.63. The summed E-state index contributed by atoms with van der Waals surface area (Å²) in [5.74, 6) is 0.302. The number of benzene rings is 1. The Labute approximate surface area is 146 Å². The lowest BCUT2D eigenvalue weighted by atomic mass is 10.0. The molecule has 0 spiro atoms. The van der Waals surface area contributed by atoms with Crippen molar-refractivity contribution in [3.63, 3.8) is 0 Å². The first kappa shape index (κ1) is 17.2. The zero-order chi connectivity index (χ0) is 17.6. The number of piperidine rings is 1. The summed E-state index contributed by atoms with van der Waals surface area (Å²) in [5.41, 5.74) is 1.44. The second-order valence-corrected chi connectivity index (χ2v) is 6.13. The molecule has 1 fully saturated rings. The number of aromatic amines is 1. The normalized spacial score (nSPS) is 17.3. The zero-order valence-corrected chi connectivity index (χ0v) is 14.2. The third-order valence-electron chi connectivity index (χ3n) is 4.27. The van der Waals surface area contributed by atoms with Gasteiger partial charge >= 0.3 is 0 Å². The molecule has 3 rings (SSSR count). The van der Waals surface area contributed by atoms with Crippen LogP contribution < -0.4 is 15.8 Å². The van der Waals surface area contributed by atoms with E-state index in [0.29, 0.717) is 24.5 Å². The highest BCUT2D eigenvalue weighted by molar-refractivity contribution is 5.94. The van der Waals surface area contributed by atoms with Crippen LogP contribution in [-0.4, -0.2) is 42.1 Å². The van der Waals surface area contributed by atoms with Crippen molar-refractivity contribution in [2.75, 3.05) is 25.1 Å². The first-order chi connectivity index (χ1) is 12.2. The Bertz CT molecular complexity index is 772. The minimum Gasteiger partial charge on any atom is -0.380 e. The number of carbonyl (C=O) groups is 1. The smallest absolute Gasteiger partial charge is 0.290 e. The Kier molecular flexibility index (Phi) is 5.45. The Morgan fingerprint density at radius 1 is 1.40 bits per heavy atom. The van der Waals surface area contributed by atoms with Gasteiger partial charge in [0, 0.05) is 44.2 Å².